The zero-order valence-corrected chi connectivity index (χ0v) is 50.1. The van der Waals surface area contributed by atoms with E-state index in [1.807, 2.05) is 13.8 Å². The number of carboxylic acid groups (broad SMARTS) is 1. The summed E-state index contributed by atoms with van der Waals surface area (Å²) in [6.07, 6.45) is -3.33. The molecule has 0 spiro atoms. The number of aryl methyl sites for hydroxylation is 1. The van der Waals surface area contributed by atoms with Crippen molar-refractivity contribution < 1.29 is 53.6 Å². The van der Waals surface area contributed by atoms with Crippen molar-refractivity contribution in [3.63, 3.8) is 0 Å². The van der Waals surface area contributed by atoms with Gasteiger partial charge in [-0.05, 0) is 30.5 Å². The molecule has 0 saturated carbocycles. The van der Waals surface area contributed by atoms with Crippen LogP contribution in [0, 0.1) is 12.8 Å². The Morgan fingerprint density at radius 3 is 2.17 bits per heavy atom. The van der Waals surface area contributed by atoms with E-state index >= 15 is 0 Å². The number of carbonyl (C=O) groups excluding carboxylic acids is 6. The molecule has 7 amide bonds. The van der Waals surface area contributed by atoms with Gasteiger partial charge in [-0.1, -0.05) is 44.2 Å². The van der Waals surface area contributed by atoms with Gasteiger partial charge in [0.05, 0.1) is 67.0 Å². The van der Waals surface area contributed by atoms with Crippen LogP contribution in [0.4, 0.5) is 4.79 Å². The highest BCUT2D eigenvalue weighted by molar-refractivity contribution is 7.15. The van der Waals surface area contributed by atoms with E-state index in [9.17, 15) is 43.8 Å². The number of benzene rings is 1. The highest BCUT2D eigenvalue weighted by Gasteiger charge is 2.33. The Morgan fingerprint density at radius 2 is 1.42 bits per heavy atom. The predicted octanol–water partition coefficient (Wildman–Crippen LogP) is 5.95. The highest BCUT2D eigenvalue weighted by Crippen LogP contribution is 2.40. The van der Waals surface area contributed by atoms with Crippen molar-refractivity contribution in [3.8, 4) is 43.4 Å². The number of aliphatic carboxylic acids is 1. The van der Waals surface area contributed by atoms with Crippen LogP contribution in [-0.2, 0) is 32.3 Å². The van der Waals surface area contributed by atoms with E-state index in [0.29, 0.717) is 74.4 Å². The molecule has 10 N–H and O–H groups in total. The Hall–Kier alpha value is -7.88. The number of pyridine rings is 1. The number of fused-ring (bicyclic) bond motifs is 14. The Kier molecular flexibility index (Phi) is 19.7. The largest absolute Gasteiger partial charge is 0.481 e. The normalized spacial score (nSPS) is 16.6. The molecule has 7 aromatic heterocycles. The molecule has 0 radical (unpaired) electrons. The Balaban J connectivity index is 1.09. The first-order valence-corrected chi connectivity index (χ1v) is 30.8. The molecule has 0 fully saturated rings. The van der Waals surface area contributed by atoms with Gasteiger partial charge < -0.3 is 57.3 Å². The molecule has 438 valence electrons. The second-order valence-corrected chi connectivity index (χ2v) is 24.9. The molecule has 0 aliphatic carbocycles. The third-order valence-corrected chi connectivity index (χ3v) is 18.4. The number of hydrogen-bond acceptors (Lipinski definition) is 23. The zero-order valence-electron chi connectivity index (χ0n) is 45.2. The maximum absolute atomic E-state index is 14.3. The van der Waals surface area contributed by atoms with E-state index in [2.05, 4.69) is 47.2 Å². The number of ether oxygens (including phenoxy) is 1. The van der Waals surface area contributed by atoms with Crippen LogP contribution in [0.25, 0.3) is 43.4 Å². The molecule has 31 heteroatoms. The maximum Gasteiger partial charge on any atom is 0.315 e. The summed E-state index contributed by atoms with van der Waals surface area (Å²) in [5, 5.41) is 58.9. The molecule has 4 unspecified atom stereocenters. The van der Waals surface area contributed by atoms with Crippen LogP contribution in [0.15, 0.2) is 64.0 Å². The predicted molar refractivity (Wildman–Crippen MR) is 315 cm³/mol. The summed E-state index contributed by atoms with van der Waals surface area (Å²) in [6, 6.07) is 8.75. The lowest BCUT2D eigenvalue weighted by molar-refractivity contribution is -0.139. The minimum Gasteiger partial charge on any atom is -0.481 e. The molecule has 5 atom stereocenters. The van der Waals surface area contributed by atoms with Gasteiger partial charge in [-0.25, -0.2) is 39.7 Å². The van der Waals surface area contributed by atoms with E-state index in [1.165, 1.54) is 48.2 Å². The molecule has 84 heavy (non-hydrogen) atoms. The van der Waals surface area contributed by atoms with E-state index in [0.717, 1.165) is 34.0 Å². The average molecular weight is 1260 g/mol. The smallest absolute Gasteiger partial charge is 0.315 e. The number of carboxylic acids is 1. The first-order valence-electron chi connectivity index (χ1n) is 25.7. The summed E-state index contributed by atoms with van der Waals surface area (Å²) in [5.74, 6) is -4.40. The number of nitrogens with one attached hydrogen (secondary N) is 7. The number of aliphatic hydroxyl groups excluding tert-OH is 2. The van der Waals surface area contributed by atoms with Gasteiger partial charge in [0, 0.05) is 52.7 Å². The highest BCUT2D eigenvalue weighted by atomic mass is 32.1. The molecule has 9 rings (SSSR count). The summed E-state index contributed by atoms with van der Waals surface area (Å²) in [6.45, 7) is 4.64. The summed E-state index contributed by atoms with van der Waals surface area (Å²) >= 11 is 7.13. The number of amides is 7. The van der Waals surface area contributed by atoms with Crippen molar-refractivity contribution in [3.05, 3.63) is 117 Å². The lowest BCUT2D eigenvalue weighted by atomic mass is 10.0. The number of methoxy groups -OCH3 is 1. The first-order chi connectivity index (χ1) is 40.3. The Morgan fingerprint density at radius 1 is 0.702 bits per heavy atom. The van der Waals surface area contributed by atoms with Crippen LogP contribution < -0.4 is 37.2 Å². The summed E-state index contributed by atoms with van der Waals surface area (Å²) in [7, 11) is 2.92. The molecule has 8 aromatic rings. The van der Waals surface area contributed by atoms with Gasteiger partial charge in [-0.3, -0.25) is 28.8 Å². The van der Waals surface area contributed by atoms with Crippen LogP contribution in [0.3, 0.4) is 0 Å². The van der Waals surface area contributed by atoms with Crippen molar-refractivity contribution in [2.75, 3.05) is 27.2 Å². The minimum atomic E-state index is -1.29. The molecule has 8 heterocycles. The average Bonchev–Trinajstić information content (AvgIpc) is 4.28. The second-order valence-electron chi connectivity index (χ2n) is 19.1. The van der Waals surface area contributed by atoms with E-state index in [-0.39, 0.29) is 54.1 Å². The van der Waals surface area contributed by atoms with E-state index < -0.39 is 84.8 Å². The van der Waals surface area contributed by atoms with Gasteiger partial charge in [-0.2, -0.15) is 0 Å². The zero-order chi connectivity index (χ0) is 59.8. The molecule has 25 nitrogen and oxygen atoms in total. The number of urea groups is 1. The van der Waals surface area contributed by atoms with Gasteiger partial charge in [0.2, 0.25) is 11.8 Å². The Bertz CT molecular complexity index is 3730. The van der Waals surface area contributed by atoms with Crippen molar-refractivity contribution >= 4 is 110 Å². The number of aromatic nitrogens is 7. The van der Waals surface area contributed by atoms with Crippen LogP contribution in [-0.4, -0.2) is 125 Å². The van der Waals surface area contributed by atoms with Gasteiger partial charge in [0.1, 0.15) is 76.4 Å². The van der Waals surface area contributed by atoms with Crippen molar-refractivity contribution in [1.82, 2.24) is 72.1 Å². The van der Waals surface area contributed by atoms with Crippen LogP contribution in [0.1, 0.15) is 118 Å². The van der Waals surface area contributed by atoms with Crippen LogP contribution >= 0.6 is 68.0 Å². The van der Waals surface area contributed by atoms with Gasteiger partial charge in [0.15, 0.2) is 0 Å². The van der Waals surface area contributed by atoms with Crippen molar-refractivity contribution in [2.24, 2.45) is 5.92 Å². The number of rotatable bonds is 14. The van der Waals surface area contributed by atoms with Crippen molar-refractivity contribution in [2.45, 2.75) is 77.1 Å². The number of aliphatic hydroxyl groups is 2. The topological polar surface area (TPSA) is 364 Å². The molecule has 1 aliphatic heterocycles. The fraction of sp³-hybridized carbons (Fsp3) is 0.321. The lowest BCUT2D eigenvalue weighted by Crippen LogP contribution is -2.40. The number of thiazole rings is 6. The number of nitrogens with zero attached hydrogens (tertiary/aromatic N) is 7. The van der Waals surface area contributed by atoms with Gasteiger partial charge in [-0.15, -0.1) is 68.0 Å². The fourth-order valence-corrected chi connectivity index (χ4v) is 14.0. The van der Waals surface area contributed by atoms with Gasteiger partial charge >= 0.3 is 12.0 Å². The molecular formula is C53H54N14O11S6. The Labute approximate surface area is 502 Å². The molecule has 1 aromatic carbocycles. The SMILES string of the molecule is CNC(=O)CC1NC(=O)c2csc(n2)-c2ccc(-c3nc(CNC(=O)NC[C@@H](O)CC(=O)O)cs3)nc2-c2csc(n2)-c2csc(n2)C(C(O)c2ccccc2)NC(=O)CNC(=O)c2nc(sc2COC)C(C(C)C)NC(=O)c2nc1sc2C. The third-order valence-electron chi connectivity index (χ3n) is 12.6. The fourth-order valence-electron chi connectivity index (χ4n) is 8.42. The molecule has 0 saturated heterocycles. The van der Waals surface area contributed by atoms with Gasteiger partial charge in [0.25, 0.3) is 17.7 Å². The van der Waals surface area contributed by atoms with Crippen LogP contribution in [0.2, 0.25) is 0 Å². The number of hydrogen-bond donors (Lipinski definition) is 10. The first kappa shape index (κ1) is 60.7. The van der Waals surface area contributed by atoms with E-state index in [4.69, 9.17) is 34.8 Å². The second kappa shape index (κ2) is 27.2. The lowest BCUT2D eigenvalue weighted by Gasteiger charge is -2.23. The third kappa shape index (κ3) is 14.5. The molecule has 1 aliphatic rings. The number of carbonyl (C=O) groups is 7. The summed E-state index contributed by atoms with van der Waals surface area (Å²) in [5.41, 5.74) is 3.09. The summed E-state index contributed by atoms with van der Waals surface area (Å²) in [4.78, 5) is 128. The monoisotopic (exact) mass is 1250 g/mol. The van der Waals surface area contributed by atoms with Crippen molar-refractivity contribution in [1.29, 1.82) is 0 Å². The van der Waals surface area contributed by atoms with Crippen LogP contribution in [0.5, 0.6) is 0 Å². The summed E-state index contributed by atoms with van der Waals surface area (Å²) < 4.78 is 5.44. The quantitative estimate of drug-likeness (QED) is 0.0601. The maximum atomic E-state index is 14.3. The molecule has 10 bridgehead atoms. The van der Waals surface area contributed by atoms with E-state index in [1.54, 1.807) is 70.9 Å². The standard InChI is InChI=1S/C53H54N14O11S6/c1-23(2)38-52-67-41(34(84-52)18-78-5)45(75)55-17-36(70)64-42(43(73)25-9-7-6-8-10-25)51-63-33(22-82-51)49-61-31(20-81-49)40-28(11-12-29(59-40)48-58-26(19-79-48)15-56-53(77)57-16-27(68)13-37(71)72)47-62-32(21-80-47)44(74)60-30(14-35(69)54-4)50-66-39(24(3)83-50)46(76)65-38/h6-12,19-23,27,30,38,42-43,68,73H,13-18H2,1-5H3,(H,54,69)(H,55,75)(H,60,74)(H,64,70)(H,65,76)(H,71,72)(H2,56,57,77)/t27-,30?,38?,42?,43?/m0/s1. The minimum absolute atomic E-state index is 0.00524. The molecular weight excluding hydrogens is 1200 g/mol.